The zero-order chi connectivity index (χ0) is 19.7. The van der Waals surface area contributed by atoms with Crippen LogP contribution < -0.4 is 15.3 Å². The van der Waals surface area contributed by atoms with E-state index in [0.29, 0.717) is 29.0 Å². The predicted octanol–water partition coefficient (Wildman–Crippen LogP) is 2.57. The van der Waals surface area contributed by atoms with Crippen molar-refractivity contribution in [3.63, 3.8) is 0 Å². The van der Waals surface area contributed by atoms with Crippen LogP contribution in [0.2, 0.25) is 0 Å². The first kappa shape index (κ1) is 18.4. The molecule has 1 aliphatic rings. The summed E-state index contributed by atoms with van der Waals surface area (Å²) >= 11 is 0. The van der Waals surface area contributed by atoms with E-state index in [2.05, 4.69) is 26.8 Å². The number of pyridine rings is 1. The lowest BCUT2D eigenvalue weighted by atomic mass is 10.1. The molecule has 2 aromatic heterocycles. The number of hydrogen-bond acceptors (Lipinski definition) is 7. The van der Waals surface area contributed by atoms with Crippen LogP contribution >= 0.6 is 0 Å². The summed E-state index contributed by atoms with van der Waals surface area (Å²) in [5, 5.41) is 0.514. The first-order valence-corrected chi connectivity index (χ1v) is 9.50. The third-order valence-electron chi connectivity index (χ3n) is 5.22. The number of hydrogen-bond donors (Lipinski definition) is 0. The Hall–Kier alpha value is -2.93. The van der Waals surface area contributed by atoms with Crippen LogP contribution in [0.4, 0.5) is 5.82 Å². The molecule has 0 aliphatic carbocycles. The summed E-state index contributed by atoms with van der Waals surface area (Å²) in [6.07, 6.45) is 2.43. The molecular formula is C21H24N4O3. The molecule has 0 atom stereocenters. The maximum absolute atomic E-state index is 12.7. The highest BCUT2D eigenvalue weighted by Gasteiger charge is 2.18. The molecule has 1 fully saturated rings. The standard InChI is InChI=1S/C21H24N4O3/c1-4-14-11-16(27-3)13-17-19(14)21(26)28-20(23-17)15-5-6-22-18(12-15)25-9-7-24(2)8-10-25/h5-6,11-13H,4,7-10H2,1-3H3. The molecule has 28 heavy (non-hydrogen) atoms. The zero-order valence-electron chi connectivity index (χ0n) is 16.4. The quantitative estimate of drug-likeness (QED) is 0.689. The van der Waals surface area contributed by atoms with Crippen molar-refractivity contribution in [1.82, 2.24) is 14.9 Å². The minimum Gasteiger partial charge on any atom is -0.497 e. The van der Waals surface area contributed by atoms with Gasteiger partial charge in [-0.15, -0.1) is 0 Å². The van der Waals surface area contributed by atoms with Gasteiger partial charge in [0.05, 0.1) is 18.0 Å². The van der Waals surface area contributed by atoms with Gasteiger partial charge in [-0.1, -0.05) is 6.92 Å². The van der Waals surface area contributed by atoms with Crippen LogP contribution in [0.5, 0.6) is 5.75 Å². The minimum absolute atomic E-state index is 0.297. The van der Waals surface area contributed by atoms with E-state index in [4.69, 9.17) is 9.15 Å². The third-order valence-corrected chi connectivity index (χ3v) is 5.22. The van der Waals surface area contributed by atoms with Crippen molar-refractivity contribution in [2.45, 2.75) is 13.3 Å². The molecule has 0 bridgehead atoms. The molecule has 0 N–H and O–H groups in total. The summed E-state index contributed by atoms with van der Waals surface area (Å²) in [6, 6.07) is 7.39. The predicted molar refractivity (Wildman–Crippen MR) is 109 cm³/mol. The Kier molecular flexibility index (Phi) is 5.00. The summed E-state index contributed by atoms with van der Waals surface area (Å²) in [5.74, 6) is 1.85. The van der Waals surface area contributed by atoms with Crippen LogP contribution in [0.25, 0.3) is 22.4 Å². The van der Waals surface area contributed by atoms with Crippen LogP contribution in [-0.2, 0) is 6.42 Å². The van der Waals surface area contributed by atoms with Crippen LogP contribution in [0.1, 0.15) is 12.5 Å². The van der Waals surface area contributed by atoms with Gasteiger partial charge in [0, 0.05) is 44.0 Å². The Balaban J connectivity index is 1.77. The molecule has 7 nitrogen and oxygen atoms in total. The van der Waals surface area contributed by atoms with Gasteiger partial charge in [-0.2, -0.15) is 0 Å². The second-order valence-corrected chi connectivity index (χ2v) is 7.03. The molecule has 3 aromatic rings. The van der Waals surface area contributed by atoms with E-state index >= 15 is 0 Å². The first-order valence-electron chi connectivity index (χ1n) is 9.50. The summed E-state index contributed by atoms with van der Waals surface area (Å²) < 4.78 is 11.0. The highest BCUT2D eigenvalue weighted by molar-refractivity contribution is 5.84. The number of anilines is 1. The van der Waals surface area contributed by atoms with Crippen molar-refractivity contribution in [3.8, 4) is 17.2 Å². The van der Waals surface area contributed by atoms with Gasteiger partial charge in [-0.25, -0.2) is 14.8 Å². The number of aryl methyl sites for hydroxylation is 1. The van der Waals surface area contributed by atoms with Crippen LogP contribution in [0.15, 0.2) is 39.7 Å². The number of benzene rings is 1. The monoisotopic (exact) mass is 380 g/mol. The number of ether oxygens (including phenoxy) is 1. The summed E-state index contributed by atoms with van der Waals surface area (Å²) in [5.41, 5.74) is 1.82. The number of fused-ring (bicyclic) bond motifs is 1. The minimum atomic E-state index is -0.377. The fourth-order valence-corrected chi connectivity index (χ4v) is 3.53. The van der Waals surface area contributed by atoms with Crippen molar-refractivity contribution in [2.24, 2.45) is 0 Å². The maximum atomic E-state index is 12.7. The van der Waals surface area contributed by atoms with Crippen molar-refractivity contribution >= 4 is 16.7 Å². The lowest BCUT2D eigenvalue weighted by molar-refractivity contribution is 0.312. The lowest BCUT2D eigenvalue weighted by Crippen LogP contribution is -2.44. The van der Waals surface area contributed by atoms with E-state index < -0.39 is 0 Å². The number of piperazine rings is 1. The third kappa shape index (κ3) is 3.45. The Morgan fingerprint density at radius 2 is 1.96 bits per heavy atom. The molecule has 0 spiro atoms. The normalized spacial score (nSPS) is 15.2. The Morgan fingerprint density at radius 1 is 1.18 bits per heavy atom. The molecule has 0 saturated carbocycles. The van der Waals surface area contributed by atoms with Gasteiger partial charge >= 0.3 is 5.63 Å². The summed E-state index contributed by atoms with van der Waals surface area (Å²) in [7, 11) is 3.73. The van der Waals surface area contributed by atoms with Crippen LogP contribution in [0.3, 0.4) is 0 Å². The lowest BCUT2D eigenvalue weighted by Gasteiger charge is -2.33. The molecule has 4 rings (SSSR count). The Labute approximate surface area is 163 Å². The van der Waals surface area contributed by atoms with E-state index in [1.54, 1.807) is 19.4 Å². The average Bonchev–Trinajstić information content (AvgIpc) is 2.73. The fourth-order valence-electron chi connectivity index (χ4n) is 3.53. The molecular weight excluding hydrogens is 356 g/mol. The van der Waals surface area contributed by atoms with Gasteiger partial charge in [-0.3, -0.25) is 0 Å². The highest BCUT2D eigenvalue weighted by Crippen LogP contribution is 2.26. The van der Waals surface area contributed by atoms with E-state index in [9.17, 15) is 4.79 Å². The van der Waals surface area contributed by atoms with Gasteiger partial charge in [0.1, 0.15) is 11.6 Å². The molecule has 1 aliphatic heterocycles. The number of rotatable bonds is 4. The van der Waals surface area contributed by atoms with E-state index in [0.717, 1.165) is 43.1 Å². The van der Waals surface area contributed by atoms with Crippen LogP contribution in [0, 0.1) is 0 Å². The van der Waals surface area contributed by atoms with Gasteiger partial charge in [0.25, 0.3) is 0 Å². The molecule has 3 heterocycles. The fraction of sp³-hybridized carbons (Fsp3) is 0.381. The van der Waals surface area contributed by atoms with Gasteiger partial charge in [-0.05, 0) is 37.2 Å². The number of likely N-dealkylation sites (N-methyl/N-ethyl adjacent to an activating group) is 1. The molecule has 7 heteroatoms. The second-order valence-electron chi connectivity index (χ2n) is 7.03. The molecule has 146 valence electrons. The SMILES string of the molecule is CCc1cc(OC)cc2nc(-c3ccnc(N4CCN(C)CC4)c3)oc(=O)c12. The molecule has 0 amide bonds. The molecule has 0 radical (unpaired) electrons. The number of methoxy groups -OCH3 is 1. The van der Waals surface area contributed by atoms with Gasteiger partial charge in [0.2, 0.25) is 5.89 Å². The molecule has 0 unspecified atom stereocenters. The Morgan fingerprint density at radius 3 is 2.68 bits per heavy atom. The van der Waals surface area contributed by atoms with E-state index in [-0.39, 0.29) is 5.63 Å². The maximum Gasteiger partial charge on any atom is 0.347 e. The smallest absolute Gasteiger partial charge is 0.347 e. The number of aromatic nitrogens is 2. The van der Waals surface area contributed by atoms with Crippen molar-refractivity contribution in [1.29, 1.82) is 0 Å². The topological polar surface area (TPSA) is 71.7 Å². The summed E-state index contributed by atoms with van der Waals surface area (Å²) in [4.78, 5) is 26.3. The van der Waals surface area contributed by atoms with Crippen LogP contribution in [-0.4, -0.2) is 55.2 Å². The number of nitrogens with zero attached hydrogens (tertiary/aromatic N) is 4. The van der Waals surface area contributed by atoms with Crippen molar-refractivity contribution in [3.05, 3.63) is 46.4 Å². The van der Waals surface area contributed by atoms with E-state index in [1.807, 2.05) is 25.1 Å². The van der Waals surface area contributed by atoms with Gasteiger partial charge < -0.3 is 19.0 Å². The molecule has 1 aromatic carbocycles. The largest absolute Gasteiger partial charge is 0.497 e. The highest BCUT2D eigenvalue weighted by atomic mass is 16.5. The second kappa shape index (κ2) is 7.59. The van der Waals surface area contributed by atoms with Gasteiger partial charge in [0.15, 0.2) is 0 Å². The molecule has 1 saturated heterocycles. The average molecular weight is 380 g/mol. The van der Waals surface area contributed by atoms with Crippen molar-refractivity contribution < 1.29 is 9.15 Å². The zero-order valence-corrected chi connectivity index (χ0v) is 16.4. The summed E-state index contributed by atoms with van der Waals surface area (Å²) in [6.45, 7) is 5.81. The Bertz CT molecular complexity index is 1060. The first-order chi connectivity index (χ1) is 13.6. The van der Waals surface area contributed by atoms with Crippen molar-refractivity contribution in [2.75, 3.05) is 45.2 Å². The van der Waals surface area contributed by atoms with E-state index in [1.165, 1.54) is 0 Å².